The van der Waals surface area contributed by atoms with Crippen LogP contribution in [0.15, 0.2) is 53.4 Å². The minimum atomic E-state index is -4.14. The van der Waals surface area contributed by atoms with Crippen LogP contribution >= 0.6 is 0 Å². The van der Waals surface area contributed by atoms with Crippen LogP contribution in [0.2, 0.25) is 0 Å². The number of sulfonamides is 1. The second kappa shape index (κ2) is 9.51. The first-order valence-electron chi connectivity index (χ1n) is 11.0. The standard InChI is InChI=1S/C24H27N5O5S/c1-15-22(16(2)29(27-15)18-8-6-5-7-9-18)23-24(31)25-12-13-28(23)35(32,33)19-10-11-21(34-4)20(14-19)26-17(3)30/h5-11,14,23H,12-13H2,1-4H3,(H,25,31)(H,26,30)/t23-/m1/s1. The first-order chi connectivity index (χ1) is 16.6. The van der Waals surface area contributed by atoms with Gasteiger partial charge in [-0.2, -0.15) is 9.40 Å². The number of carbonyl (C=O) groups is 2. The monoisotopic (exact) mass is 497 g/mol. The Labute approximate surface area is 203 Å². The maximum atomic E-state index is 13.8. The number of aryl methyl sites for hydroxylation is 1. The van der Waals surface area contributed by atoms with Gasteiger partial charge in [-0.05, 0) is 44.2 Å². The summed E-state index contributed by atoms with van der Waals surface area (Å²) in [4.78, 5) is 24.7. The van der Waals surface area contributed by atoms with Crippen LogP contribution in [0.5, 0.6) is 5.75 Å². The first kappa shape index (κ1) is 24.4. The van der Waals surface area contributed by atoms with E-state index in [1.165, 1.54) is 36.5 Å². The number of hydrogen-bond acceptors (Lipinski definition) is 6. The molecule has 2 N–H and O–H groups in total. The summed E-state index contributed by atoms with van der Waals surface area (Å²) in [6.45, 7) is 5.15. The molecule has 1 atom stereocenters. The number of nitrogens with zero attached hydrogens (tertiary/aromatic N) is 3. The van der Waals surface area contributed by atoms with Gasteiger partial charge in [-0.25, -0.2) is 13.1 Å². The Morgan fingerprint density at radius 1 is 1.17 bits per heavy atom. The summed E-state index contributed by atoms with van der Waals surface area (Å²) in [5.74, 6) is -0.468. The molecule has 0 aliphatic carbocycles. The molecule has 0 spiro atoms. The molecule has 1 fully saturated rings. The molecule has 11 heteroatoms. The van der Waals surface area contributed by atoms with Crippen LogP contribution in [0.4, 0.5) is 5.69 Å². The normalized spacial score (nSPS) is 16.6. The van der Waals surface area contributed by atoms with Crippen LogP contribution in [-0.4, -0.2) is 54.5 Å². The van der Waals surface area contributed by atoms with Crippen molar-refractivity contribution in [3.05, 3.63) is 65.5 Å². The third-order valence-electron chi connectivity index (χ3n) is 5.88. The second-order valence-electron chi connectivity index (χ2n) is 8.18. The van der Waals surface area contributed by atoms with Crippen molar-refractivity contribution >= 4 is 27.5 Å². The number of para-hydroxylation sites is 1. The van der Waals surface area contributed by atoms with Crippen molar-refractivity contribution in [2.75, 3.05) is 25.5 Å². The van der Waals surface area contributed by atoms with E-state index >= 15 is 0 Å². The molecule has 0 radical (unpaired) electrons. The van der Waals surface area contributed by atoms with E-state index in [1.54, 1.807) is 11.6 Å². The number of carbonyl (C=O) groups excluding carboxylic acids is 2. The van der Waals surface area contributed by atoms with Crippen molar-refractivity contribution in [2.45, 2.75) is 31.7 Å². The number of piperazine rings is 1. The zero-order valence-electron chi connectivity index (χ0n) is 19.9. The number of methoxy groups -OCH3 is 1. The van der Waals surface area contributed by atoms with Gasteiger partial charge >= 0.3 is 0 Å². The SMILES string of the molecule is COc1ccc(S(=O)(=O)N2CCNC(=O)[C@H]2c2c(C)nn(-c3ccccc3)c2C)cc1NC(C)=O. The van der Waals surface area contributed by atoms with Gasteiger partial charge < -0.3 is 15.4 Å². The topological polar surface area (TPSA) is 123 Å². The molecule has 2 aromatic carbocycles. The molecule has 1 aliphatic heterocycles. The maximum absolute atomic E-state index is 13.8. The average molecular weight is 498 g/mol. The van der Waals surface area contributed by atoms with E-state index in [0.717, 1.165) is 5.69 Å². The van der Waals surface area contributed by atoms with Crippen LogP contribution in [0.25, 0.3) is 5.69 Å². The summed E-state index contributed by atoms with van der Waals surface area (Å²) in [5, 5.41) is 9.98. The number of hydrogen-bond donors (Lipinski definition) is 2. The summed E-state index contributed by atoms with van der Waals surface area (Å²) < 4.78 is 35.8. The number of anilines is 1. The smallest absolute Gasteiger partial charge is 0.244 e. The van der Waals surface area contributed by atoms with Gasteiger partial charge in [0.1, 0.15) is 11.8 Å². The molecule has 10 nitrogen and oxygen atoms in total. The van der Waals surface area contributed by atoms with Gasteiger partial charge in [-0.1, -0.05) is 18.2 Å². The average Bonchev–Trinajstić information content (AvgIpc) is 3.12. The highest BCUT2D eigenvalue weighted by Gasteiger charge is 2.42. The number of ether oxygens (including phenoxy) is 1. The molecule has 0 saturated carbocycles. The van der Waals surface area contributed by atoms with Crippen molar-refractivity contribution < 1.29 is 22.7 Å². The molecule has 4 rings (SSSR count). The number of rotatable bonds is 6. The van der Waals surface area contributed by atoms with Gasteiger partial charge in [0.2, 0.25) is 21.8 Å². The lowest BCUT2D eigenvalue weighted by molar-refractivity contribution is -0.127. The van der Waals surface area contributed by atoms with E-state index in [9.17, 15) is 18.0 Å². The minimum Gasteiger partial charge on any atom is -0.495 e. The predicted molar refractivity (Wildman–Crippen MR) is 130 cm³/mol. The summed E-state index contributed by atoms with van der Waals surface area (Å²) in [6, 6.07) is 12.5. The van der Waals surface area contributed by atoms with Gasteiger partial charge in [0.25, 0.3) is 0 Å². The summed E-state index contributed by atoms with van der Waals surface area (Å²) >= 11 is 0. The van der Waals surface area contributed by atoms with Gasteiger partial charge in [0, 0.05) is 31.3 Å². The van der Waals surface area contributed by atoms with E-state index in [2.05, 4.69) is 15.7 Å². The van der Waals surface area contributed by atoms with Gasteiger partial charge in [-0.15, -0.1) is 0 Å². The second-order valence-corrected chi connectivity index (χ2v) is 10.1. The quantitative estimate of drug-likeness (QED) is 0.539. The van der Waals surface area contributed by atoms with Gasteiger partial charge in [0.15, 0.2) is 0 Å². The molecule has 2 heterocycles. The number of benzene rings is 2. The van der Waals surface area contributed by atoms with Gasteiger partial charge in [0.05, 0.1) is 29.1 Å². The molecule has 35 heavy (non-hydrogen) atoms. The Morgan fingerprint density at radius 2 is 1.89 bits per heavy atom. The van der Waals surface area contributed by atoms with Crippen molar-refractivity contribution in [3.63, 3.8) is 0 Å². The highest BCUT2D eigenvalue weighted by atomic mass is 32.2. The van der Waals surface area contributed by atoms with Crippen LogP contribution in [0.3, 0.4) is 0 Å². The zero-order valence-corrected chi connectivity index (χ0v) is 20.7. The Morgan fingerprint density at radius 3 is 2.54 bits per heavy atom. The van der Waals surface area contributed by atoms with E-state index < -0.39 is 22.0 Å². The third kappa shape index (κ3) is 4.52. The lowest BCUT2D eigenvalue weighted by Crippen LogP contribution is -2.52. The van der Waals surface area contributed by atoms with Crippen molar-refractivity contribution in [3.8, 4) is 11.4 Å². The number of nitrogens with one attached hydrogen (secondary N) is 2. The zero-order chi connectivity index (χ0) is 25.3. The molecule has 3 aromatic rings. The lowest BCUT2D eigenvalue weighted by atomic mass is 10.0. The van der Waals surface area contributed by atoms with Gasteiger partial charge in [-0.3, -0.25) is 9.59 Å². The van der Waals surface area contributed by atoms with Crippen molar-refractivity contribution in [1.29, 1.82) is 0 Å². The molecule has 0 unspecified atom stereocenters. The molecule has 1 aliphatic rings. The fourth-order valence-corrected chi connectivity index (χ4v) is 5.91. The van der Waals surface area contributed by atoms with E-state index in [-0.39, 0.29) is 29.6 Å². The summed E-state index contributed by atoms with van der Waals surface area (Å²) in [5.41, 5.74) is 2.79. The van der Waals surface area contributed by atoms with Crippen LogP contribution < -0.4 is 15.4 Å². The predicted octanol–water partition coefficient (Wildman–Crippen LogP) is 2.32. The van der Waals surface area contributed by atoms with Crippen molar-refractivity contribution in [1.82, 2.24) is 19.4 Å². The summed E-state index contributed by atoms with van der Waals surface area (Å²) in [6.07, 6.45) is 0. The Balaban J connectivity index is 1.81. The lowest BCUT2D eigenvalue weighted by Gasteiger charge is -2.34. The molecular formula is C24H27N5O5S. The van der Waals surface area contributed by atoms with Crippen molar-refractivity contribution in [2.24, 2.45) is 0 Å². The first-order valence-corrected chi connectivity index (χ1v) is 12.5. The number of amides is 2. The van der Waals surface area contributed by atoms with Crippen LogP contribution in [0, 0.1) is 13.8 Å². The highest BCUT2D eigenvalue weighted by Crippen LogP contribution is 2.36. The fourth-order valence-electron chi connectivity index (χ4n) is 4.32. The van der Waals surface area contributed by atoms with Crippen LogP contribution in [-0.2, 0) is 19.6 Å². The number of aromatic nitrogens is 2. The molecule has 0 bridgehead atoms. The molecule has 1 saturated heterocycles. The van der Waals surface area contributed by atoms with E-state index in [0.29, 0.717) is 22.7 Å². The summed E-state index contributed by atoms with van der Waals surface area (Å²) in [7, 11) is -2.71. The Kier molecular flexibility index (Phi) is 6.64. The van der Waals surface area contributed by atoms with E-state index in [4.69, 9.17) is 4.74 Å². The Bertz CT molecular complexity index is 1380. The molecule has 184 valence electrons. The molecule has 2 amide bonds. The minimum absolute atomic E-state index is 0.0625. The third-order valence-corrected chi connectivity index (χ3v) is 7.74. The molecule has 1 aromatic heterocycles. The van der Waals surface area contributed by atoms with Crippen LogP contribution in [0.1, 0.15) is 29.9 Å². The van der Waals surface area contributed by atoms with E-state index in [1.807, 2.05) is 37.3 Å². The fraction of sp³-hybridized carbons (Fsp3) is 0.292. The maximum Gasteiger partial charge on any atom is 0.244 e. The molecular weight excluding hydrogens is 470 g/mol. The largest absolute Gasteiger partial charge is 0.495 e. The Hall–Kier alpha value is -3.70. The highest BCUT2D eigenvalue weighted by molar-refractivity contribution is 7.89.